The van der Waals surface area contributed by atoms with Gasteiger partial charge in [0, 0.05) is 6.54 Å². The maximum atomic E-state index is 11.4. The van der Waals surface area contributed by atoms with E-state index in [4.69, 9.17) is 4.74 Å². The Bertz CT molecular complexity index is 135. The summed E-state index contributed by atoms with van der Waals surface area (Å²) in [6.07, 6.45) is -4.52. The second-order valence-electron chi connectivity index (χ2n) is 2.48. The summed E-state index contributed by atoms with van der Waals surface area (Å²) in [6, 6.07) is 0.196. The molecule has 0 atom stereocenters. The number of hydrogen-bond donors (Lipinski definition) is 1. The van der Waals surface area contributed by atoms with Crippen molar-refractivity contribution < 1.29 is 22.6 Å². The first kappa shape index (κ1) is 9.76. The fourth-order valence-corrected chi connectivity index (χ4v) is 0.783. The molecular weight excluding hydrogens is 175 g/mol. The zero-order valence-corrected chi connectivity index (χ0v) is 6.36. The van der Waals surface area contributed by atoms with E-state index in [1.165, 1.54) is 0 Å². The van der Waals surface area contributed by atoms with Gasteiger partial charge in [-0.15, -0.1) is 13.2 Å². The summed E-state index contributed by atoms with van der Waals surface area (Å²) in [4.78, 5) is 0. The summed E-state index contributed by atoms with van der Waals surface area (Å²) >= 11 is 0. The molecule has 0 bridgehead atoms. The van der Waals surface area contributed by atoms with Crippen LogP contribution in [0.3, 0.4) is 0 Å². The molecular formula is C6H10F3NO2. The van der Waals surface area contributed by atoms with Gasteiger partial charge in [0.05, 0.1) is 25.9 Å². The maximum absolute atomic E-state index is 11.4. The molecule has 0 spiro atoms. The number of hydrogen-bond acceptors (Lipinski definition) is 3. The molecule has 6 heteroatoms. The van der Waals surface area contributed by atoms with Gasteiger partial charge < -0.3 is 10.1 Å². The summed E-state index contributed by atoms with van der Waals surface area (Å²) in [5.74, 6) is 0. The van der Waals surface area contributed by atoms with Crippen molar-refractivity contribution in [3.63, 3.8) is 0 Å². The molecule has 1 N–H and O–H groups in total. The molecule has 0 aliphatic carbocycles. The minimum Gasteiger partial charge on any atom is -0.378 e. The third kappa shape index (κ3) is 3.89. The van der Waals surface area contributed by atoms with Crippen LogP contribution in [0.4, 0.5) is 13.2 Å². The first-order valence-corrected chi connectivity index (χ1v) is 3.60. The van der Waals surface area contributed by atoms with Crippen molar-refractivity contribution in [2.24, 2.45) is 0 Å². The molecule has 0 aromatic rings. The maximum Gasteiger partial charge on any atom is 0.522 e. The van der Waals surface area contributed by atoms with Crippen molar-refractivity contribution in [3.05, 3.63) is 0 Å². The van der Waals surface area contributed by atoms with Gasteiger partial charge in [0.1, 0.15) is 0 Å². The molecule has 0 aromatic carbocycles. The van der Waals surface area contributed by atoms with E-state index >= 15 is 0 Å². The summed E-state index contributed by atoms with van der Waals surface area (Å²) < 4.78 is 42.6. The Kier molecular flexibility index (Phi) is 3.30. The lowest BCUT2D eigenvalue weighted by atomic mass is 10.2. The molecule has 1 heterocycles. The Morgan fingerprint density at radius 2 is 2.08 bits per heavy atom. The van der Waals surface area contributed by atoms with Crippen LogP contribution in [0.15, 0.2) is 0 Å². The molecule has 0 radical (unpaired) electrons. The van der Waals surface area contributed by atoms with Crippen molar-refractivity contribution in [3.8, 4) is 0 Å². The van der Waals surface area contributed by atoms with Crippen LogP contribution < -0.4 is 5.32 Å². The van der Waals surface area contributed by atoms with Gasteiger partial charge in [-0.05, 0) is 0 Å². The first-order valence-electron chi connectivity index (χ1n) is 3.60. The van der Waals surface area contributed by atoms with Crippen LogP contribution >= 0.6 is 0 Å². The quantitative estimate of drug-likeness (QED) is 0.647. The average molecular weight is 185 g/mol. The minimum absolute atomic E-state index is 0.196. The molecule has 0 saturated carbocycles. The Hall–Kier alpha value is -0.330. The smallest absolute Gasteiger partial charge is 0.378 e. The Morgan fingerprint density at radius 3 is 2.50 bits per heavy atom. The first-order chi connectivity index (χ1) is 5.58. The summed E-state index contributed by atoms with van der Waals surface area (Å²) in [5, 5.41) is 2.84. The summed E-state index contributed by atoms with van der Waals surface area (Å²) in [6.45, 7) is 1.01. The van der Waals surface area contributed by atoms with Gasteiger partial charge in [-0.3, -0.25) is 4.74 Å². The SMILES string of the molecule is FC(F)(F)OCCNC1COC1. The Balaban J connectivity index is 1.88. The number of alkyl halides is 3. The average Bonchev–Trinajstić information content (AvgIpc) is 1.80. The van der Waals surface area contributed by atoms with Crippen molar-refractivity contribution in [1.29, 1.82) is 0 Å². The predicted molar refractivity (Wildman–Crippen MR) is 34.6 cm³/mol. The molecule has 72 valence electrons. The van der Waals surface area contributed by atoms with Gasteiger partial charge in [0.25, 0.3) is 0 Å². The molecule has 1 aliphatic heterocycles. The fourth-order valence-electron chi connectivity index (χ4n) is 0.783. The summed E-state index contributed by atoms with van der Waals surface area (Å²) in [7, 11) is 0. The topological polar surface area (TPSA) is 30.5 Å². The third-order valence-corrected chi connectivity index (χ3v) is 1.44. The Morgan fingerprint density at radius 1 is 1.42 bits per heavy atom. The number of rotatable bonds is 4. The number of halogens is 3. The highest BCUT2D eigenvalue weighted by Crippen LogP contribution is 2.15. The highest BCUT2D eigenvalue weighted by atomic mass is 19.4. The molecule has 12 heavy (non-hydrogen) atoms. The molecule has 0 unspecified atom stereocenters. The van der Waals surface area contributed by atoms with E-state index in [9.17, 15) is 13.2 Å². The van der Waals surface area contributed by atoms with Gasteiger partial charge in [0.2, 0.25) is 0 Å². The van der Waals surface area contributed by atoms with Crippen LogP contribution in [0.1, 0.15) is 0 Å². The van der Waals surface area contributed by atoms with E-state index in [2.05, 4.69) is 10.1 Å². The van der Waals surface area contributed by atoms with Crippen molar-refractivity contribution in [2.75, 3.05) is 26.4 Å². The lowest BCUT2D eigenvalue weighted by Crippen LogP contribution is -2.47. The van der Waals surface area contributed by atoms with Crippen LogP contribution in [0.2, 0.25) is 0 Å². The van der Waals surface area contributed by atoms with Crippen LogP contribution in [0.25, 0.3) is 0 Å². The van der Waals surface area contributed by atoms with Crippen molar-refractivity contribution in [1.82, 2.24) is 5.32 Å². The largest absolute Gasteiger partial charge is 0.522 e. The zero-order chi connectivity index (χ0) is 9.03. The molecule has 1 rings (SSSR count). The van der Waals surface area contributed by atoms with E-state index in [0.717, 1.165) is 0 Å². The number of nitrogens with one attached hydrogen (secondary N) is 1. The van der Waals surface area contributed by atoms with Gasteiger partial charge in [-0.25, -0.2) is 0 Å². The van der Waals surface area contributed by atoms with Gasteiger partial charge >= 0.3 is 6.36 Å². The predicted octanol–water partition coefficient (Wildman–Crippen LogP) is 0.511. The van der Waals surface area contributed by atoms with Gasteiger partial charge in [-0.2, -0.15) is 0 Å². The normalized spacial score (nSPS) is 19.2. The second-order valence-corrected chi connectivity index (χ2v) is 2.48. The standard InChI is InChI=1S/C6H10F3NO2/c7-6(8,9)12-2-1-10-5-3-11-4-5/h5,10H,1-4H2. The van der Waals surface area contributed by atoms with Gasteiger partial charge in [-0.1, -0.05) is 0 Å². The highest BCUT2D eigenvalue weighted by Gasteiger charge is 2.28. The molecule has 1 fully saturated rings. The molecule has 0 aromatic heterocycles. The van der Waals surface area contributed by atoms with E-state index in [-0.39, 0.29) is 19.2 Å². The van der Waals surface area contributed by atoms with E-state index in [1.807, 2.05) is 0 Å². The molecule has 3 nitrogen and oxygen atoms in total. The van der Waals surface area contributed by atoms with Crippen LogP contribution in [-0.4, -0.2) is 38.8 Å². The van der Waals surface area contributed by atoms with Crippen molar-refractivity contribution in [2.45, 2.75) is 12.4 Å². The lowest BCUT2D eigenvalue weighted by Gasteiger charge is -2.26. The van der Waals surface area contributed by atoms with E-state index < -0.39 is 6.36 Å². The van der Waals surface area contributed by atoms with E-state index in [0.29, 0.717) is 13.2 Å². The van der Waals surface area contributed by atoms with E-state index in [1.54, 1.807) is 0 Å². The third-order valence-electron chi connectivity index (χ3n) is 1.44. The molecule has 0 amide bonds. The van der Waals surface area contributed by atoms with Gasteiger partial charge in [0.15, 0.2) is 0 Å². The Labute approximate surface area is 67.8 Å². The second kappa shape index (κ2) is 4.06. The minimum atomic E-state index is -4.52. The lowest BCUT2D eigenvalue weighted by molar-refractivity contribution is -0.323. The highest BCUT2D eigenvalue weighted by molar-refractivity contribution is 4.72. The zero-order valence-electron chi connectivity index (χ0n) is 6.36. The van der Waals surface area contributed by atoms with Crippen LogP contribution in [0, 0.1) is 0 Å². The van der Waals surface area contributed by atoms with Crippen molar-refractivity contribution >= 4 is 0 Å². The molecule has 1 aliphatic rings. The molecule has 1 saturated heterocycles. The summed E-state index contributed by atoms with van der Waals surface area (Å²) in [5.41, 5.74) is 0. The van der Waals surface area contributed by atoms with Crippen LogP contribution in [0.5, 0.6) is 0 Å². The monoisotopic (exact) mass is 185 g/mol. The van der Waals surface area contributed by atoms with Crippen LogP contribution in [-0.2, 0) is 9.47 Å². The number of ether oxygens (including phenoxy) is 2. The fraction of sp³-hybridized carbons (Fsp3) is 1.00.